The summed E-state index contributed by atoms with van der Waals surface area (Å²) in [5, 5.41) is 23.3. The Kier molecular flexibility index (Phi) is 8.89. The van der Waals surface area contributed by atoms with Crippen LogP contribution in [0.4, 0.5) is 11.4 Å². The van der Waals surface area contributed by atoms with Gasteiger partial charge >= 0.3 is 0 Å². The lowest BCUT2D eigenvalue weighted by molar-refractivity contribution is 0.457. The van der Waals surface area contributed by atoms with Crippen molar-refractivity contribution in [2.24, 2.45) is 0 Å². The van der Waals surface area contributed by atoms with E-state index in [1.165, 1.54) is 24.3 Å². The van der Waals surface area contributed by atoms with Crippen molar-refractivity contribution >= 4 is 68.6 Å². The highest BCUT2D eigenvalue weighted by atomic mass is 35.5. The first-order valence-corrected chi connectivity index (χ1v) is 12.1. The van der Waals surface area contributed by atoms with Crippen molar-refractivity contribution in [3.8, 4) is 11.5 Å². The smallest absolute Gasteiger partial charge is 0.150 e. The third-order valence-corrected chi connectivity index (χ3v) is 6.66. The second-order valence-electron chi connectivity index (χ2n) is 6.59. The lowest BCUT2D eigenvalue weighted by Gasteiger charge is -2.10. The molecule has 9 heteroatoms. The number of para-hydroxylation sites is 2. The van der Waals surface area contributed by atoms with Gasteiger partial charge in [0, 0.05) is 21.4 Å². The molecule has 0 heterocycles. The van der Waals surface area contributed by atoms with Crippen LogP contribution in [0, 0.1) is 0 Å². The van der Waals surface area contributed by atoms with Gasteiger partial charge in [0.2, 0.25) is 0 Å². The van der Waals surface area contributed by atoms with Crippen LogP contribution in [0.1, 0.15) is 0 Å². The summed E-state index contributed by atoms with van der Waals surface area (Å²) >= 11 is 23.2. The first-order valence-electron chi connectivity index (χ1n) is 9.41. The molecule has 0 saturated heterocycles. The van der Waals surface area contributed by atoms with Crippen LogP contribution in [-0.4, -0.2) is 14.4 Å². The van der Waals surface area contributed by atoms with Gasteiger partial charge in [0.15, 0.2) is 11.5 Å². The SMILES string of the molecule is O=S(c1cc(Cl)cc(Cl)c1O)c1cc(Cl)cc(Cl)c1O.c1ccc(Nc2ccccc2)cc1. The number of phenols is 2. The van der Waals surface area contributed by atoms with Gasteiger partial charge in [0.05, 0.1) is 30.6 Å². The molecule has 0 fully saturated rings. The number of halogens is 4. The third kappa shape index (κ3) is 6.79. The summed E-state index contributed by atoms with van der Waals surface area (Å²) in [6.07, 6.45) is 0. The molecular formula is C24H17Cl4NO3S. The predicted molar refractivity (Wildman–Crippen MR) is 137 cm³/mol. The van der Waals surface area contributed by atoms with E-state index >= 15 is 0 Å². The molecule has 0 aliphatic heterocycles. The zero-order chi connectivity index (χ0) is 24.0. The van der Waals surface area contributed by atoms with E-state index in [0.29, 0.717) is 0 Å². The Morgan fingerprint density at radius 3 is 1.33 bits per heavy atom. The zero-order valence-electron chi connectivity index (χ0n) is 16.8. The number of aromatic hydroxyl groups is 2. The Labute approximate surface area is 213 Å². The molecule has 0 radical (unpaired) electrons. The number of phenolic OH excluding ortho intramolecular Hbond substituents is 2. The molecule has 0 unspecified atom stereocenters. The quantitative estimate of drug-likeness (QED) is 0.243. The van der Waals surface area contributed by atoms with Crippen LogP contribution in [0.25, 0.3) is 0 Å². The van der Waals surface area contributed by atoms with E-state index in [1.807, 2.05) is 60.7 Å². The Morgan fingerprint density at radius 1 is 0.606 bits per heavy atom. The van der Waals surface area contributed by atoms with Gasteiger partial charge < -0.3 is 15.5 Å². The van der Waals surface area contributed by atoms with E-state index in [1.54, 1.807) is 0 Å². The summed E-state index contributed by atoms with van der Waals surface area (Å²) in [6.45, 7) is 0. The van der Waals surface area contributed by atoms with E-state index in [9.17, 15) is 14.4 Å². The molecule has 0 amide bonds. The molecular weight excluding hydrogens is 524 g/mol. The number of hydrogen-bond acceptors (Lipinski definition) is 4. The monoisotopic (exact) mass is 539 g/mol. The molecule has 0 aromatic heterocycles. The van der Waals surface area contributed by atoms with Crippen molar-refractivity contribution in [1.82, 2.24) is 0 Å². The van der Waals surface area contributed by atoms with Gasteiger partial charge in [0.25, 0.3) is 0 Å². The lowest BCUT2D eigenvalue weighted by atomic mass is 10.3. The molecule has 0 aliphatic rings. The van der Waals surface area contributed by atoms with Crippen LogP contribution in [-0.2, 0) is 10.8 Å². The van der Waals surface area contributed by atoms with Crippen molar-refractivity contribution in [3.05, 3.63) is 105 Å². The van der Waals surface area contributed by atoms with Crippen LogP contribution in [0.5, 0.6) is 11.5 Å². The number of nitrogens with one attached hydrogen (secondary N) is 1. The predicted octanol–water partition coefficient (Wildman–Crippen LogP) is 8.31. The van der Waals surface area contributed by atoms with Gasteiger partial charge in [0.1, 0.15) is 0 Å². The normalized spacial score (nSPS) is 10.5. The van der Waals surface area contributed by atoms with Crippen molar-refractivity contribution in [3.63, 3.8) is 0 Å². The first kappa shape index (κ1) is 25.2. The van der Waals surface area contributed by atoms with Crippen LogP contribution in [0.3, 0.4) is 0 Å². The number of hydrogen-bond donors (Lipinski definition) is 3. The molecule has 0 saturated carbocycles. The van der Waals surface area contributed by atoms with Gasteiger partial charge in [-0.3, -0.25) is 0 Å². The zero-order valence-corrected chi connectivity index (χ0v) is 20.6. The fourth-order valence-electron chi connectivity index (χ4n) is 2.70. The van der Waals surface area contributed by atoms with Crippen LogP contribution in [0.15, 0.2) is 94.7 Å². The van der Waals surface area contributed by atoms with E-state index in [-0.39, 0.29) is 41.4 Å². The highest BCUT2D eigenvalue weighted by Gasteiger charge is 2.20. The van der Waals surface area contributed by atoms with E-state index < -0.39 is 10.8 Å². The molecule has 4 nitrogen and oxygen atoms in total. The fourth-order valence-corrected chi connectivity index (χ4v) is 5.20. The number of benzene rings is 4. The molecule has 170 valence electrons. The molecule has 0 bridgehead atoms. The topological polar surface area (TPSA) is 69.6 Å². The molecule has 4 aromatic rings. The van der Waals surface area contributed by atoms with Gasteiger partial charge in [-0.2, -0.15) is 0 Å². The summed E-state index contributed by atoms with van der Waals surface area (Å²) in [6, 6.07) is 25.5. The third-order valence-electron chi connectivity index (χ3n) is 4.22. The van der Waals surface area contributed by atoms with Gasteiger partial charge in [-0.25, -0.2) is 4.21 Å². The Balaban J connectivity index is 0.000000203. The van der Waals surface area contributed by atoms with E-state index in [0.717, 1.165) is 11.4 Å². The average Bonchev–Trinajstić information content (AvgIpc) is 2.80. The van der Waals surface area contributed by atoms with Crippen molar-refractivity contribution in [2.45, 2.75) is 9.79 Å². The summed E-state index contributed by atoms with van der Waals surface area (Å²) in [5.74, 6) is -0.769. The minimum atomic E-state index is -1.95. The Hall–Kier alpha value is -2.41. The Morgan fingerprint density at radius 2 is 0.970 bits per heavy atom. The number of rotatable bonds is 4. The maximum atomic E-state index is 12.5. The first-order chi connectivity index (χ1) is 15.8. The van der Waals surface area contributed by atoms with Crippen LogP contribution >= 0.6 is 46.4 Å². The standard InChI is InChI=1S/C12H6Cl4O3S.C12H11N/c13-5-1-7(15)11(17)9(3-5)20(19)10-4-6(14)2-8(16)12(10)18;1-3-7-11(8-4-1)13-12-9-5-2-6-10-12/h1-4,17-18H;1-10,13H. The van der Waals surface area contributed by atoms with Gasteiger partial charge in [-0.1, -0.05) is 82.8 Å². The lowest BCUT2D eigenvalue weighted by Crippen LogP contribution is -1.95. The summed E-state index contributed by atoms with van der Waals surface area (Å²) in [5.41, 5.74) is 2.24. The summed E-state index contributed by atoms with van der Waals surface area (Å²) in [7, 11) is -1.95. The summed E-state index contributed by atoms with van der Waals surface area (Å²) in [4.78, 5) is -0.0905. The van der Waals surface area contributed by atoms with Crippen molar-refractivity contribution in [1.29, 1.82) is 0 Å². The molecule has 0 atom stereocenters. The molecule has 4 rings (SSSR count). The second-order valence-corrected chi connectivity index (χ2v) is 9.70. The number of anilines is 2. The van der Waals surface area contributed by atoms with Crippen LogP contribution in [0.2, 0.25) is 20.1 Å². The molecule has 0 spiro atoms. The summed E-state index contributed by atoms with van der Waals surface area (Å²) < 4.78 is 12.5. The van der Waals surface area contributed by atoms with Crippen molar-refractivity contribution < 1.29 is 14.4 Å². The Bertz CT molecular complexity index is 1170. The van der Waals surface area contributed by atoms with Crippen molar-refractivity contribution in [2.75, 3.05) is 5.32 Å². The highest BCUT2D eigenvalue weighted by Crippen LogP contribution is 2.40. The largest absolute Gasteiger partial charge is 0.505 e. The molecule has 0 aliphatic carbocycles. The molecule has 33 heavy (non-hydrogen) atoms. The van der Waals surface area contributed by atoms with E-state index in [4.69, 9.17) is 46.4 Å². The maximum absolute atomic E-state index is 12.5. The highest BCUT2D eigenvalue weighted by molar-refractivity contribution is 7.85. The minimum absolute atomic E-state index is 0.0452. The molecule has 4 aromatic carbocycles. The molecule has 3 N–H and O–H groups in total. The van der Waals surface area contributed by atoms with E-state index in [2.05, 4.69) is 5.32 Å². The van der Waals surface area contributed by atoms with Gasteiger partial charge in [-0.15, -0.1) is 0 Å². The second kappa shape index (κ2) is 11.6. The van der Waals surface area contributed by atoms with Gasteiger partial charge in [-0.05, 0) is 48.5 Å². The average molecular weight is 541 g/mol. The fraction of sp³-hybridized carbons (Fsp3) is 0. The maximum Gasteiger partial charge on any atom is 0.150 e. The van der Waals surface area contributed by atoms with Crippen LogP contribution < -0.4 is 5.32 Å². The minimum Gasteiger partial charge on any atom is -0.505 e.